The zero-order valence-corrected chi connectivity index (χ0v) is 10.5. The average Bonchev–Trinajstić information content (AvgIpc) is 2.18. The Bertz CT molecular complexity index is 300. The van der Waals surface area contributed by atoms with Gasteiger partial charge < -0.3 is 5.53 Å². The van der Waals surface area contributed by atoms with Crippen molar-refractivity contribution in [3.05, 3.63) is 41.4 Å². The van der Waals surface area contributed by atoms with E-state index in [1.807, 2.05) is 25.1 Å². The molecule has 0 radical (unpaired) electrons. The van der Waals surface area contributed by atoms with E-state index < -0.39 is 8.80 Å². The van der Waals surface area contributed by atoms with Gasteiger partial charge in [-0.1, -0.05) is 49.0 Å². The molecule has 0 amide bonds. The monoisotopic (exact) mass is 206 g/mol. The van der Waals surface area contributed by atoms with Crippen LogP contribution in [0, 0.1) is 6.92 Å². The van der Waals surface area contributed by atoms with Crippen LogP contribution < -0.4 is 0 Å². The van der Waals surface area contributed by atoms with Crippen molar-refractivity contribution in [3.8, 4) is 0 Å². The summed E-state index contributed by atoms with van der Waals surface area (Å²) in [4.78, 5) is 3.07. The lowest BCUT2D eigenvalue weighted by Crippen LogP contribution is -2.14. The molecular weight excluding hydrogens is 188 g/mol. The van der Waals surface area contributed by atoms with Crippen LogP contribution in [0.2, 0.25) is 13.1 Å². The summed E-state index contributed by atoms with van der Waals surface area (Å²) in [6.45, 7) is 8.18. The highest BCUT2D eigenvalue weighted by atomic mass is 28.3. The summed E-state index contributed by atoms with van der Waals surface area (Å²) in [5.41, 5.74) is 9.45. The van der Waals surface area contributed by atoms with Crippen molar-refractivity contribution in [1.82, 2.24) is 0 Å². The molecule has 0 fully saturated rings. The van der Waals surface area contributed by atoms with Crippen molar-refractivity contribution in [2.45, 2.75) is 26.9 Å². The molecule has 1 aromatic rings. The summed E-state index contributed by atoms with van der Waals surface area (Å²) in [5.74, 6) is 0. The van der Waals surface area contributed by atoms with Gasteiger partial charge in [0, 0.05) is 6.92 Å². The van der Waals surface area contributed by atoms with Gasteiger partial charge in [0.05, 0.1) is 0 Å². The van der Waals surface area contributed by atoms with E-state index in [0.29, 0.717) is 0 Å². The third kappa shape index (κ3) is 6.35. The number of aryl methyl sites for hydroxylation is 1. The first-order chi connectivity index (χ1) is 6.57. The Balaban J connectivity index is 0.000000241. The summed E-state index contributed by atoms with van der Waals surface area (Å²) >= 11 is 0. The lowest BCUT2D eigenvalue weighted by molar-refractivity contribution is -0.00158. The summed E-state index contributed by atoms with van der Waals surface area (Å²) in [7, 11) is -0.765. The number of hydrogen-bond acceptors (Lipinski definition) is 0. The Morgan fingerprint density at radius 2 is 1.71 bits per heavy atom. The van der Waals surface area contributed by atoms with Crippen LogP contribution in [-0.4, -0.2) is 18.9 Å². The molecule has 0 bridgehead atoms. The Kier molecular flexibility index (Phi) is 6.63. The number of nitrogens with zero attached hydrogens (tertiary/aromatic N) is 2. The Hall–Kier alpha value is -1.18. The minimum Gasteiger partial charge on any atom is -0.362 e. The molecule has 1 rings (SSSR count). The van der Waals surface area contributed by atoms with Crippen molar-refractivity contribution in [2.24, 2.45) is 0 Å². The quantitative estimate of drug-likeness (QED) is 0.293. The van der Waals surface area contributed by atoms with Gasteiger partial charge in [0.15, 0.2) is 8.80 Å². The molecule has 0 spiro atoms. The highest BCUT2D eigenvalue weighted by Gasteiger charge is 2.05. The highest BCUT2D eigenvalue weighted by Crippen LogP contribution is 1.92. The summed E-state index contributed by atoms with van der Waals surface area (Å²) in [5, 5.41) is 0.917. The smallest absolute Gasteiger partial charge is 0.230 e. The minimum absolute atomic E-state index is 0.765. The first-order valence-corrected chi connectivity index (χ1v) is 7.66. The van der Waals surface area contributed by atoms with Crippen molar-refractivity contribution in [2.75, 3.05) is 0 Å². The molecule has 14 heavy (non-hydrogen) atoms. The second-order valence-corrected chi connectivity index (χ2v) is 6.70. The standard InChI is InChI=1S/C7H8.C4H10N2Si/c1-7-5-3-2-4-6-7;1-4(6-5)7(2)3/h2-6H,1H3;7H,1-3H3. The molecule has 0 N–H and O–H groups in total. The Labute approximate surface area is 87.8 Å². The fraction of sp³-hybridized carbons (Fsp3) is 0.364. The van der Waals surface area contributed by atoms with E-state index in [1.54, 1.807) is 0 Å². The van der Waals surface area contributed by atoms with Gasteiger partial charge in [0.1, 0.15) is 0 Å². The highest BCUT2D eigenvalue weighted by molar-refractivity contribution is 6.87. The molecular formula is C11H18N2Si. The van der Waals surface area contributed by atoms with Crippen LogP contribution in [-0.2, 0) is 0 Å². The molecule has 0 heterocycles. The maximum Gasteiger partial charge on any atom is 0.230 e. The predicted molar refractivity (Wildman–Crippen MR) is 64.4 cm³/mol. The maximum atomic E-state index is 8.13. The predicted octanol–water partition coefficient (Wildman–Crippen LogP) is 2.70. The molecule has 0 aliphatic rings. The second-order valence-electron chi connectivity index (χ2n) is 3.55. The summed E-state index contributed by atoms with van der Waals surface area (Å²) < 4.78 is 0. The van der Waals surface area contributed by atoms with Gasteiger partial charge >= 0.3 is 0 Å². The molecule has 0 saturated carbocycles. The Morgan fingerprint density at radius 1 is 1.21 bits per heavy atom. The van der Waals surface area contributed by atoms with Gasteiger partial charge in [-0.15, -0.1) is 0 Å². The van der Waals surface area contributed by atoms with Crippen LogP contribution in [0.5, 0.6) is 0 Å². The van der Waals surface area contributed by atoms with Crippen LogP contribution >= 0.6 is 0 Å². The normalized spacial score (nSPS) is 8.64. The van der Waals surface area contributed by atoms with Gasteiger partial charge in [0.2, 0.25) is 5.33 Å². The first-order valence-electron chi connectivity index (χ1n) is 4.78. The zero-order valence-electron chi connectivity index (χ0n) is 9.36. The van der Waals surface area contributed by atoms with Crippen LogP contribution in [0.4, 0.5) is 0 Å². The Morgan fingerprint density at radius 3 is 1.86 bits per heavy atom. The number of benzene rings is 1. The molecule has 0 aliphatic heterocycles. The third-order valence-corrected chi connectivity index (χ3v) is 3.72. The summed E-state index contributed by atoms with van der Waals surface area (Å²) in [6.07, 6.45) is 0. The van der Waals surface area contributed by atoms with Gasteiger partial charge in [-0.05, 0) is 6.92 Å². The van der Waals surface area contributed by atoms with E-state index in [2.05, 4.69) is 36.9 Å². The van der Waals surface area contributed by atoms with Crippen LogP contribution in [0.1, 0.15) is 12.5 Å². The lowest BCUT2D eigenvalue weighted by atomic mass is 10.2. The van der Waals surface area contributed by atoms with E-state index in [4.69, 9.17) is 5.53 Å². The fourth-order valence-corrected chi connectivity index (χ4v) is 0.881. The van der Waals surface area contributed by atoms with Gasteiger partial charge in [-0.25, -0.2) is 0 Å². The van der Waals surface area contributed by atoms with Gasteiger partial charge in [-0.2, -0.15) is 4.79 Å². The van der Waals surface area contributed by atoms with Gasteiger partial charge in [-0.3, -0.25) is 0 Å². The number of hydrogen-bond donors (Lipinski definition) is 0. The lowest BCUT2D eigenvalue weighted by Gasteiger charge is -1.83. The van der Waals surface area contributed by atoms with E-state index in [9.17, 15) is 0 Å². The fourth-order valence-electron chi connectivity index (χ4n) is 0.650. The van der Waals surface area contributed by atoms with Crippen molar-refractivity contribution >= 4 is 14.1 Å². The zero-order chi connectivity index (χ0) is 11.0. The first kappa shape index (κ1) is 12.8. The third-order valence-electron chi connectivity index (χ3n) is 1.93. The maximum absolute atomic E-state index is 8.13. The molecule has 1 aromatic carbocycles. The minimum atomic E-state index is -0.765. The van der Waals surface area contributed by atoms with Gasteiger partial charge in [0.25, 0.3) is 0 Å². The van der Waals surface area contributed by atoms with E-state index in [0.717, 1.165) is 5.33 Å². The van der Waals surface area contributed by atoms with Crippen molar-refractivity contribution in [3.63, 3.8) is 0 Å². The molecule has 0 aliphatic carbocycles. The molecule has 0 atom stereocenters. The van der Waals surface area contributed by atoms with Crippen LogP contribution in [0.25, 0.3) is 5.53 Å². The topological polar surface area (TPSA) is 36.4 Å². The van der Waals surface area contributed by atoms with Crippen molar-refractivity contribution in [1.29, 1.82) is 0 Å². The van der Waals surface area contributed by atoms with E-state index >= 15 is 0 Å². The van der Waals surface area contributed by atoms with Crippen molar-refractivity contribution < 1.29 is 4.79 Å². The molecule has 0 aromatic heterocycles. The van der Waals surface area contributed by atoms with E-state index in [1.165, 1.54) is 5.56 Å². The molecule has 76 valence electrons. The molecule has 2 nitrogen and oxygen atoms in total. The second kappa shape index (κ2) is 7.24. The largest absolute Gasteiger partial charge is 0.362 e. The SMILES string of the molecule is CC(=[N+]=[N-])[SiH](C)C.Cc1ccccc1. The average molecular weight is 206 g/mol. The van der Waals surface area contributed by atoms with Crippen LogP contribution in [0.3, 0.4) is 0 Å². The van der Waals surface area contributed by atoms with E-state index in [-0.39, 0.29) is 0 Å². The summed E-state index contributed by atoms with van der Waals surface area (Å²) in [6, 6.07) is 10.3. The molecule has 3 heteroatoms. The number of rotatable bonds is 1. The molecule has 0 unspecified atom stereocenters. The molecule has 0 saturated heterocycles. The van der Waals surface area contributed by atoms with Crippen LogP contribution in [0.15, 0.2) is 30.3 Å².